The molecule has 1 aromatic heterocycles. The number of hydrogen-bond acceptors (Lipinski definition) is 4. The molecule has 1 N–H and O–H groups in total. The molecule has 1 aliphatic heterocycles. The molecule has 1 amide bonds. The number of amides is 1. The first-order chi connectivity index (χ1) is 14.0. The van der Waals surface area contributed by atoms with Gasteiger partial charge in [0, 0.05) is 24.6 Å². The van der Waals surface area contributed by atoms with Crippen molar-refractivity contribution in [2.45, 2.75) is 30.3 Å². The first-order valence-electron chi connectivity index (χ1n) is 9.48. The summed E-state index contributed by atoms with van der Waals surface area (Å²) in [4.78, 5) is 13.1. The predicted molar refractivity (Wildman–Crippen MR) is 110 cm³/mol. The van der Waals surface area contributed by atoms with Crippen LogP contribution in [0.4, 0.5) is 5.69 Å². The molecule has 1 aliphatic rings. The minimum absolute atomic E-state index is 0.209. The van der Waals surface area contributed by atoms with Gasteiger partial charge in [-0.25, -0.2) is 8.42 Å². The highest BCUT2D eigenvalue weighted by Gasteiger charge is 2.39. The van der Waals surface area contributed by atoms with Crippen LogP contribution in [0.3, 0.4) is 0 Å². The number of nitrogens with zero attached hydrogens (tertiary/aromatic N) is 3. The number of hydrogen-bond donors (Lipinski definition) is 1. The maximum Gasteiger partial charge on any atom is 0.243 e. The van der Waals surface area contributed by atoms with Gasteiger partial charge in [-0.3, -0.25) is 9.48 Å². The van der Waals surface area contributed by atoms with Gasteiger partial charge in [0.2, 0.25) is 15.9 Å². The molecule has 1 unspecified atom stereocenters. The van der Waals surface area contributed by atoms with Crippen LogP contribution in [0.25, 0.3) is 0 Å². The summed E-state index contributed by atoms with van der Waals surface area (Å²) in [5, 5.41) is 7.07. The molecule has 1 saturated heterocycles. The van der Waals surface area contributed by atoms with Crippen molar-refractivity contribution >= 4 is 21.6 Å². The van der Waals surface area contributed by atoms with Crippen molar-refractivity contribution < 1.29 is 13.2 Å². The molecule has 0 bridgehead atoms. The van der Waals surface area contributed by atoms with Crippen molar-refractivity contribution in [3.05, 3.63) is 78.6 Å². The zero-order valence-corrected chi connectivity index (χ0v) is 16.6. The fourth-order valence-corrected chi connectivity index (χ4v) is 5.25. The Balaban J connectivity index is 1.49. The normalized spacial score (nSPS) is 17.3. The number of rotatable bonds is 6. The van der Waals surface area contributed by atoms with Crippen LogP contribution >= 0.6 is 0 Å². The first kappa shape index (κ1) is 19.4. The molecule has 0 spiro atoms. The third kappa shape index (κ3) is 4.23. The summed E-state index contributed by atoms with van der Waals surface area (Å²) in [6.45, 7) is 0.934. The number of benzene rings is 2. The average Bonchev–Trinajstić information content (AvgIpc) is 3.41. The molecule has 0 aliphatic carbocycles. The lowest BCUT2D eigenvalue weighted by Crippen LogP contribution is -2.43. The van der Waals surface area contributed by atoms with Crippen molar-refractivity contribution in [2.75, 3.05) is 11.9 Å². The molecule has 2 aromatic carbocycles. The van der Waals surface area contributed by atoms with Gasteiger partial charge in [0.25, 0.3) is 0 Å². The molecule has 7 nitrogen and oxygen atoms in total. The number of nitrogens with one attached hydrogen (secondary N) is 1. The van der Waals surface area contributed by atoms with E-state index < -0.39 is 16.1 Å². The maximum atomic E-state index is 13.0. The largest absolute Gasteiger partial charge is 0.325 e. The summed E-state index contributed by atoms with van der Waals surface area (Å²) >= 11 is 0. The van der Waals surface area contributed by atoms with Gasteiger partial charge in [-0.15, -0.1) is 0 Å². The highest BCUT2D eigenvalue weighted by molar-refractivity contribution is 7.89. The maximum absolute atomic E-state index is 13.0. The summed E-state index contributed by atoms with van der Waals surface area (Å²) in [5.74, 6) is -0.307. The van der Waals surface area contributed by atoms with Gasteiger partial charge in [0.05, 0.1) is 11.4 Å². The fraction of sp³-hybridized carbons (Fsp3) is 0.238. The Labute approximate surface area is 170 Å². The van der Waals surface area contributed by atoms with Crippen molar-refractivity contribution in [2.24, 2.45) is 0 Å². The summed E-state index contributed by atoms with van der Waals surface area (Å²) in [6, 6.07) is 16.9. The molecule has 2 heterocycles. The monoisotopic (exact) mass is 410 g/mol. The predicted octanol–water partition coefficient (Wildman–Crippen LogP) is 2.72. The van der Waals surface area contributed by atoms with E-state index in [-0.39, 0.29) is 10.8 Å². The van der Waals surface area contributed by atoms with Gasteiger partial charge in [-0.05, 0) is 48.7 Å². The van der Waals surface area contributed by atoms with Crippen molar-refractivity contribution in [3.8, 4) is 0 Å². The van der Waals surface area contributed by atoms with Crippen LogP contribution in [-0.4, -0.2) is 41.0 Å². The van der Waals surface area contributed by atoms with E-state index in [2.05, 4.69) is 10.4 Å². The van der Waals surface area contributed by atoms with Crippen molar-refractivity contribution in [1.82, 2.24) is 14.1 Å². The Hall–Kier alpha value is -2.97. The summed E-state index contributed by atoms with van der Waals surface area (Å²) < 4.78 is 29.0. The highest BCUT2D eigenvalue weighted by atomic mass is 32.2. The van der Waals surface area contributed by atoms with Crippen molar-refractivity contribution in [1.29, 1.82) is 0 Å². The second kappa shape index (κ2) is 8.18. The molecule has 3 aromatic rings. The molecular weight excluding hydrogens is 388 g/mol. The van der Waals surface area contributed by atoms with Crippen LogP contribution in [0, 0.1) is 0 Å². The summed E-state index contributed by atoms with van der Waals surface area (Å²) in [7, 11) is -3.71. The van der Waals surface area contributed by atoms with E-state index in [1.54, 1.807) is 47.3 Å². The van der Waals surface area contributed by atoms with Crippen LogP contribution in [0.5, 0.6) is 0 Å². The number of anilines is 1. The summed E-state index contributed by atoms with van der Waals surface area (Å²) in [5.41, 5.74) is 1.63. The van der Waals surface area contributed by atoms with Crippen LogP contribution in [-0.2, 0) is 21.4 Å². The third-order valence-corrected chi connectivity index (χ3v) is 6.88. The van der Waals surface area contributed by atoms with E-state index in [1.807, 2.05) is 30.5 Å². The number of aromatic nitrogens is 2. The Bertz CT molecular complexity index is 1080. The van der Waals surface area contributed by atoms with E-state index >= 15 is 0 Å². The lowest BCUT2D eigenvalue weighted by atomic mass is 10.1. The quantitative estimate of drug-likeness (QED) is 0.677. The molecule has 4 rings (SSSR count). The minimum Gasteiger partial charge on any atom is -0.325 e. The Morgan fingerprint density at radius 1 is 1.10 bits per heavy atom. The topological polar surface area (TPSA) is 84.3 Å². The lowest BCUT2D eigenvalue weighted by Gasteiger charge is -2.23. The van der Waals surface area contributed by atoms with E-state index in [4.69, 9.17) is 0 Å². The van der Waals surface area contributed by atoms with Crippen LogP contribution in [0.2, 0.25) is 0 Å². The van der Waals surface area contributed by atoms with Crippen molar-refractivity contribution in [3.63, 3.8) is 0 Å². The minimum atomic E-state index is -3.71. The van der Waals surface area contributed by atoms with E-state index in [1.165, 1.54) is 4.31 Å². The second-order valence-electron chi connectivity index (χ2n) is 6.98. The fourth-order valence-electron chi connectivity index (χ4n) is 3.57. The van der Waals surface area contributed by atoms with E-state index in [0.29, 0.717) is 31.6 Å². The van der Waals surface area contributed by atoms with Crippen LogP contribution in [0.15, 0.2) is 78.0 Å². The van der Waals surface area contributed by atoms with Crippen LogP contribution < -0.4 is 5.32 Å². The summed E-state index contributed by atoms with van der Waals surface area (Å²) in [6.07, 6.45) is 4.75. The third-order valence-electron chi connectivity index (χ3n) is 4.95. The zero-order valence-electron chi connectivity index (χ0n) is 15.8. The highest BCUT2D eigenvalue weighted by Crippen LogP contribution is 2.27. The van der Waals surface area contributed by atoms with Gasteiger partial charge < -0.3 is 5.32 Å². The second-order valence-corrected chi connectivity index (χ2v) is 8.87. The van der Waals surface area contributed by atoms with Gasteiger partial charge in [0.1, 0.15) is 6.04 Å². The average molecular weight is 410 g/mol. The Morgan fingerprint density at radius 2 is 1.93 bits per heavy atom. The number of carbonyl (C=O) groups excluding carboxylic acids is 1. The first-order valence-corrected chi connectivity index (χ1v) is 10.9. The standard InChI is InChI=1S/C21H22N4O3S/c26-21(23-18-8-4-7-17(15-18)16-24-13-6-12-22-24)20-11-5-14-25(20)29(27,28)19-9-2-1-3-10-19/h1-4,6-10,12-13,15,20H,5,11,14,16H2,(H,23,26). The number of sulfonamides is 1. The molecule has 1 fully saturated rings. The van der Waals surface area contributed by atoms with Crippen LogP contribution in [0.1, 0.15) is 18.4 Å². The van der Waals surface area contributed by atoms with Gasteiger partial charge in [-0.1, -0.05) is 30.3 Å². The van der Waals surface area contributed by atoms with E-state index in [0.717, 1.165) is 5.56 Å². The SMILES string of the molecule is O=C(Nc1cccc(Cn2cccn2)c1)C1CCCN1S(=O)(=O)c1ccccc1. The molecule has 150 valence electrons. The zero-order chi connectivity index (χ0) is 20.3. The Morgan fingerprint density at radius 3 is 2.69 bits per heavy atom. The molecule has 0 radical (unpaired) electrons. The van der Waals surface area contributed by atoms with Gasteiger partial charge >= 0.3 is 0 Å². The molecular formula is C21H22N4O3S. The molecule has 8 heteroatoms. The number of carbonyl (C=O) groups is 1. The lowest BCUT2D eigenvalue weighted by molar-refractivity contribution is -0.119. The van der Waals surface area contributed by atoms with E-state index in [9.17, 15) is 13.2 Å². The van der Waals surface area contributed by atoms with Gasteiger partial charge in [-0.2, -0.15) is 9.40 Å². The molecule has 1 atom stereocenters. The smallest absolute Gasteiger partial charge is 0.243 e. The molecule has 0 saturated carbocycles. The Kier molecular flexibility index (Phi) is 5.46. The molecule has 29 heavy (non-hydrogen) atoms. The van der Waals surface area contributed by atoms with Gasteiger partial charge in [0.15, 0.2) is 0 Å².